The number of benzene rings is 1. The van der Waals surface area contributed by atoms with Crippen LogP contribution in [0, 0.1) is 5.92 Å². The third kappa shape index (κ3) is 3.78. The summed E-state index contributed by atoms with van der Waals surface area (Å²) >= 11 is 0. The Morgan fingerprint density at radius 2 is 2.08 bits per heavy atom. The number of nitrogens with one attached hydrogen (secondary N) is 2. The van der Waals surface area contributed by atoms with Gasteiger partial charge in [-0.15, -0.1) is 0 Å². The zero-order valence-electron chi connectivity index (χ0n) is 14.3. The molecule has 2 N–H and O–H groups in total. The van der Waals surface area contributed by atoms with E-state index >= 15 is 0 Å². The molecule has 2 aliphatic rings. The van der Waals surface area contributed by atoms with Crippen LogP contribution in [0.15, 0.2) is 30.3 Å². The van der Waals surface area contributed by atoms with Crippen LogP contribution in [0.5, 0.6) is 0 Å². The largest absolute Gasteiger partial charge is 0.351 e. The maximum absolute atomic E-state index is 13.1. The van der Waals surface area contributed by atoms with E-state index in [1.807, 2.05) is 30.3 Å². The first kappa shape index (κ1) is 17.0. The fraction of sp³-hybridized carbons (Fsp3) is 0.579. The average Bonchev–Trinajstić information content (AvgIpc) is 2.60. The predicted octanol–water partition coefficient (Wildman–Crippen LogP) is 1.85. The van der Waals surface area contributed by atoms with E-state index in [1.54, 1.807) is 4.90 Å². The molecule has 3 rings (SSSR count). The van der Waals surface area contributed by atoms with Crippen molar-refractivity contribution in [3.8, 4) is 0 Å². The highest BCUT2D eigenvalue weighted by Gasteiger charge is 2.34. The van der Waals surface area contributed by atoms with Gasteiger partial charge in [-0.05, 0) is 43.8 Å². The highest BCUT2D eigenvalue weighted by Crippen LogP contribution is 2.26. The second-order valence-electron chi connectivity index (χ2n) is 6.94. The number of piperidine rings is 2. The summed E-state index contributed by atoms with van der Waals surface area (Å²) in [6.07, 6.45) is 3.36. The minimum absolute atomic E-state index is 0.0461. The quantitative estimate of drug-likeness (QED) is 0.886. The fourth-order valence-corrected chi connectivity index (χ4v) is 3.70. The molecule has 0 spiro atoms. The summed E-state index contributed by atoms with van der Waals surface area (Å²) in [5, 5.41) is 6.57. The molecule has 2 heterocycles. The Bertz CT molecular complexity index is 575. The third-order valence-corrected chi connectivity index (χ3v) is 5.15. The van der Waals surface area contributed by atoms with Crippen LogP contribution in [0.2, 0.25) is 0 Å². The van der Waals surface area contributed by atoms with Crippen molar-refractivity contribution in [1.82, 2.24) is 15.5 Å². The van der Waals surface area contributed by atoms with Crippen LogP contribution in [0.25, 0.3) is 0 Å². The molecule has 1 aromatic rings. The molecule has 0 saturated carbocycles. The summed E-state index contributed by atoms with van der Waals surface area (Å²) in [4.78, 5) is 27.2. The molecule has 5 heteroatoms. The maximum atomic E-state index is 13.1. The summed E-state index contributed by atoms with van der Waals surface area (Å²) < 4.78 is 0. The van der Waals surface area contributed by atoms with Gasteiger partial charge in [-0.3, -0.25) is 9.59 Å². The molecule has 1 aromatic carbocycles. The highest BCUT2D eigenvalue weighted by atomic mass is 16.2. The zero-order chi connectivity index (χ0) is 16.9. The lowest BCUT2D eigenvalue weighted by molar-refractivity contribution is -0.143. The van der Waals surface area contributed by atoms with Crippen molar-refractivity contribution in [3.05, 3.63) is 35.9 Å². The molecule has 3 atom stereocenters. The van der Waals surface area contributed by atoms with E-state index < -0.39 is 6.04 Å². The Morgan fingerprint density at radius 3 is 2.79 bits per heavy atom. The molecule has 24 heavy (non-hydrogen) atoms. The lowest BCUT2D eigenvalue weighted by Crippen LogP contribution is -2.52. The average molecular weight is 329 g/mol. The van der Waals surface area contributed by atoms with Crippen LogP contribution in [0.3, 0.4) is 0 Å². The van der Waals surface area contributed by atoms with Crippen LogP contribution < -0.4 is 10.6 Å². The van der Waals surface area contributed by atoms with Crippen molar-refractivity contribution in [1.29, 1.82) is 0 Å². The van der Waals surface area contributed by atoms with Gasteiger partial charge in [0.2, 0.25) is 11.8 Å². The molecule has 0 radical (unpaired) electrons. The number of amides is 2. The number of rotatable bonds is 4. The maximum Gasteiger partial charge on any atom is 0.247 e. The Kier molecular flexibility index (Phi) is 5.51. The normalized spacial score (nSPS) is 26.0. The predicted molar refractivity (Wildman–Crippen MR) is 93.3 cm³/mol. The van der Waals surface area contributed by atoms with Gasteiger partial charge < -0.3 is 15.5 Å². The Labute approximate surface area is 143 Å². The third-order valence-electron chi connectivity index (χ3n) is 5.15. The number of nitrogens with zero attached hydrogens (tertiary/aromatic N) is 1. The molecule has 2 aliphatic heterocycles. The van der Waals surface area contributed by atoms with Gasteiger partial charge in [0.15, 0.2) is 0 Å². The van der Waals surface area contributed by atoms with Crippen LogP contribution in [-0.4, -0.2) is 42.4 Å². The van der Waals surface area contributed by atoms with Crippen LogP contribution in [-0.2, 0) is 9.59 Å². The molecular weight excluding hydrogens is 302 g/mol. The molecule has 130 valence electrons. The second kappa shape index (κ2) is 7.79. The van der Waals surface area contributed by atoms with Gasteiger partial charge in [-0.1, -0.05) is 37.3 Å². The topological polar surface area (TPSA) is 61.4 Å². The molecule has 5 nitrogen and oxygen atoms in total. The van der Waals surface area contributed by atoms with E-state index in [-0.39, 0.29) is 17.9 Å². The number of carbonyl (C=O) groups excluding carboxylic acids is 2. The highest BCUT2D eigenvalue weighted by molar-refractivity contribution is 5.89. The zero-order valence-corrected chi connectivity index (χ0v) is 14.3. The van der Waals surface area contributed by atoms with Crippen molar-refractivity contribution in [2.24, 2.45) is 5.92 Å². The summed E-state index contributed by atoms with van der Waals surface area (Å²) in [5.74, 6) is 0.440. The standard InChI is InChI=1S/C19H27N3O2/c1-14-13-20-11-10-16(14)21-19(24)18(15-7-3-2-4-8-15)22-12-6-5-9-17(22)23/h2-4,7-8,14,16,18,20H,5-6,9-13H2,1H3,(H,21,24). The van der Waals surface area contributed by atoms with Crippen molar-refractivity contribution in [2.45, 2.75) is 44.7 Å². The van der Waals surface area contributed by atoms with E-state index in [0.29, 0.717) is 18.9 Å². The SMILES string of the molecule is CC1CNCCC1NC(=O)C(c1ccccc1)N1CCCCC1=O. The number of hydrogen-bond acceptors (Lipinski definition) is 3. The summed E-state index contributed by atoms with van der Waals surface area (Å²) in [6, 6.07) is 9.33. The number of hydrogen-bond donors (Lipinski definition) is 2. The van der Waals surface area contributed by atoms with Crippen LogP contribution in [0.4, 0.5) is 0 Å². The van der Waals surface area contributed by atoms with E-state index in [0.717, 1.165) is 37.9 Å². The summed E-state index contributed by atoms with van der Waals surface area (Å²) in [5.41, 5.74) is 0.895. The van der Waals surface area contributed by atoms with Gasteiger partial charge in [0.25, 0.3) is 0 Å². The molecule has 0 bridgehead atoms. The van der Waals surface area contributed by atoms with Gasteiger partial charge in [0, 0.05) is 19.0 Å². The first-order valence-electron chi connectivity index (χ1n) is 9.02. The van der Waals surface area contributed by atoms with Crippen molar-refractivity contribution >= 4 is 11.8 Å². The first-order chi connectivity index (χ1) is 11.7. The molecule has 2 amide bonds. The first-order valence-corrected chi connectivity index (χ1v) is 9.02. The molecule has 2 fully saturated rings. The Balaban J connectivity index is 1.81. The Morgan fingerprint density at radius 1 is 1.29 bits per heavy atom. The van der Waals surface area contributed by atoms with E-state index in [1.165, 1.54) is 0 Å². The van der Waals surface area contributed by atoms with Gasteiger partial charge >= 0.3 is 0 Å². The molecule has 0 aromatic heterocycles. The fourth-order valence-electron chi connectivity index (χ4n) is 3.70. The van der Waals surface area contributed by atoms with Crippen LogP contribution >= 0.6 is 0 Å². The van der Waals surface area contributed by atoms with Crippen molar-refractivity contribution in [3.63, 3.8) is 0 Å². The van der Waals surface area contributed by atoms with Crippen molar-refractivity contribution in [2.75, 3.05) is 19.6 Å². The van der Waals surface area contributed by atoms with E-state index in [4.69, 9.17) is 0 Å². The van der Waals surface area contributed by atoms with E-state index in [9.17, 15) is 9.59 Å². The minimum atomic E-state index is -0.513. The number of carbonyl (C=O) groups is 2. The van der Waals surface area contributed by atoms with Crippen molar-refractivity contribution < 1.29 is 9.59 Å². The molecule has 3 unspecified atom stereocenters. The number of likely N-dealkylation sites (tertiary alicyclic amines) is 1. The second-order valence-corrected chi connectivity index (χ2v) is 6.94. The molecule has 0 aliphatic carbocycles. The molecule has 2 saturated heterocycles. The van der Waals surface area contributed by atoms with E-state index in [2.05, 4.69) is 17.6 Å². The summed E-state index contributed by atoms with van der Waals surface area (Å²) in [6.45, 7) is 4.66. The monoisotopic (exact) mass is 329 g/mol. The van der Waals surface area contributed by atoms with Gasteiger partial charge in [0.1, 0.15) is 6.04 Å². The lowest BCUT2D eigenvalue weighted by Gasteiger charge is -2.36. The molecular formula is C19H27N3O2. The van der Waals surface area contributed by atoms with Gasteiger partial charge in [-0.25, -0.2) is 0 Å². The Hall–Kier alpha value is -1.88. The van der Waals surface area contributed by atoms with Crippen LogP contribution in [0.1, 0.15) is 44.2 Å². The smallest absolute Gasteiger partial charge is 0.247 e. The van der Waals surface area contributed by atoms with Gasteiger partial charge in [-0.2, -0.15) is 0 Å². The van der Waals surface area contributed by atoms with Gasteiger partial charge in [0.05, 0.1) is 0 Å². The lowest BCUT2D eigenvalue weighted by atomic mass is 9.94. The minimum Gasteiger partial charge on any atom is -0.351 e. The summed E-state index contributed by atoms with van der Waals surface area (Å²) in [7, 11) is 0.